The van der Waals surface area contributed by atoms with Gasteiger partial charge in [-0.15, -0.1) is 0 Å². The van der Waals surface area contributed by atoms with E-state index < -0.39 is 5.91 Å². The summed E-state index contributed by atoms with van der Waals surface area (Å²) in [5.41, 5.74) is 2.43. The largest absolute Gasteiger partial charge is 0.497 e. The summed E-state index contributed by atoms with van der Waals surface area (Å²) >= 11 is 0. The molecule has 0 atom stereocenters. The highest BCUT2D eigenvalue weighted by molar-refractivity contribution is 5.87. The lowest BCUT2D eigenvalue weighted by Gasteiger charge is -2.10. The van der Waals surface area contributed by atoms with E-state index in [0.717, 1.165) is 0 Å². The van der Waals surface area contributed by atoms with Gasteiger partial charge >= 0.3 is 0 Å². The third-order valence-electron chi connectivity index (χ3n) is 4.27. The highest BCUT2D eigenvalue weighted by atomic mass is 16.5. The van der Waals surface area contributed by atoms with Gasteiger partial charge in [-0.1, -0.05) is 0 Å². The molecule has 1 aromatic heterocycles. The second-order valence-electron chi connectivity index (χ2n) is 6.15. The van der Waals surface area contributed by atoms with E-state index in [1.54, 1.807) is 41.9 Å². The average molecular weight is 399 g/mol. The van der Waals surface area contributed by atoms with Crippen LogP contribution in [0.1, 0.15) is 12.8 Å². The van der Waals surface area contributed by atoms with Gasteiger partial charge in [0.2, 0.25) is 5.91 Å². The summed E-state index contributed by atoms with van der Waals surface area (Å²) in [6, 6.07) is 10.4. The number of hydrogen-bond donors (Lipinski definition) is 3. The van der Waals surface area contributed by atoms with Crippen molar-refractivity contribution >= 4 is 16.8 Å². The Kier molecular flexibility index (Phi) is 6.30. The lowest BCUT2D eigenvalue weighted by atomic mass is 10.1. The van der Waals surface area contributed by atoms with E-state index in [2.05, 4.69) is 9.97 Å². The van der Waals surface area contributed by atoms with Gasteiger partial charge in [0.25, 0.3) is 5.56 Å². The summed E-state index contributed by atoms with van der Waals surface area (Å²) < 4.78 is 16.1. The van der Waals surface area contributed by atoms with E-state index in [0.29, 0.717) is 52.6 Å². The van der Waals surface area contributed by atoms with Crippen LogP contribution in [-0.4, -0.2) is 41.9 Å². The van der Waals surface area contributed by atoms with Crippen molar-refractivity contribution in [2.45, 2.75) is 12.8 Å². The second-order valence-corrected chi connectivity index (χ2v) is 6.15. The summed E-state index contributed by atoms with van der Waals surface area (Å²) in [5, 5.41) is 8.80. The number of hydrogen-bond acceptors (Lipinski definition) is 7. The van der Waals surface area contributed by atoms with Gasteiger partial charge in [-0.25, -0.2) is 10.5 Å². The van der Waals surface area contributed by atoms with Crippen molar-refractivity contribution in [3.8, 4) is 28.6 Å². The number of rotatable bonds is 8. The SMILES string of the molecule is COc1cc(OC)c2c(=O)[nH]c(-c3ccc(OCCCC(=O)NO)cc3)nc2c1. The van der Waals surface area contributed by atoms with Crippen molar-refractivity contribution in [2.24, 2.45) is 0 Å². The Bertz CT molecular complexity index is 1060. The fraction of sp³-hybridized carbons (Fsp3) is 0.250. The molecule has 0 aliphatic carbocycles. The summed E-state index contributed by atoms with van der Waals surface area (Å²) in [6.07, 6.45) is 0.640. The number of nitrogens with zero attached hydrogens (tertiary/aromatic N) is 1. The highest BCUT2D eigenvalue weighted by Gasteiger charge is 2.13. The molecular formula is C20H21N3O6. The molecule has 29 heavy (non-hydrogen) atoms. The smallest absolute Gasteiger partial charge is 0.262 e. The summed E-state index contributed by atoms with van der Waals surface area (Å²) in [7, 11) is 3.01. The summed E-state index contributed by atoms with van der Waals surface area (Å²) in [5.74, 6) is 1.49. The van der Waals surface area contributed by atoms with E-state index >= 15 is 0 Å². The number of hydroxylamine groups is 1. The molecular weight excluding hydrogens is 378 g/mol. The Labute approximate surface area is 166 Å². The number of ether oxygens (including phenoxy) is 3. The van der Waals surface area contributed by atoms with Gasteiger partial charge in [-0.2, -0.15) is 0 Å². The van der Waals surface area contributed by atoms with Gasteiger partial charge in [0.15, 0.2) is 0 Å². The Morgan fingerprint density at radius 3 is 2.55 bits per heavy atom. The predicted octanol–water partition coefficient (Wildman–Crippen LogP) is 2.27. The molecule has 0 aliphatic heterocycles. The van der Waals surface area contributed by atoms with Crippen LogP contribution in [-0.2, 0) is 4.79 Å². The number of aromatic amines is 1. The zero-order valence-electron chi connectivity index (χ0n) is 16.0. The average Bonchev–Trinajstić information content (AvgIpc) is 2.75. The monoisotopic (exact) mass is 399 g/mol. The van der Waals surface area contributed by atoms with Gasteiger partial charge in [-0.05, 0) is 30.7 Å². The molecule has 1 heterocycles. The molecule has 0 unspecified atom stereocenters. The number of aromatic nitrogens is 2. The zero-order chi connectivity index (χ0) is 20.8. The van der Waals surface area contributed by atoms with Crippen molar-refractivity contribution < 1.29 is 24.2 Å². The maximum atomic E-state index is 12.6. The fourth-order valence-corrected chi connectivity index (χ4v) is 2.81. The van der Waals surface area contributed by atoms with E-state index in [4.69, 9.17) is 19.4 Å². The number of amides is 1. The number of carbonyl (C=O) groups is 1. The molecule has 0 spiro atoms. The standard InChI is InChI=1S/C20H21N3O6/c1-27-14-10-15-18(16(11-14)28-2)20(25)22-19(21-15)12-5-7-13(8-6-12)29-9-3-4-17(24)23-26/h5-8,10-11,26H,3-4,9H2,1-2H3,(H,23,24)(H,21,22,25). The van der Waals surface area contributed by atoms with Crippen molar-refractivity contribution in [3.63, 3.8) is 0 Å². The Morgan fingerprint density at radius 1 is 1.14 bits per heavy atom. The molecule has 2 aromatic carbocycles. The van der Waals surface area contributed by atoms with Crippen molar-refractivity contribution in [1.29, 1.82) is 0 Å². The van der Waals surface area contributed by atoms with Crippen LogP contribution in [0.3, 0.4) is 0 Å². The molecule has 0 saturated heterocycles. The van der Waals surface area contributed by atoms with E-state index in [-0.39, 0.29) is 12.0 Å². The third kappa shape index (κ3) is 4.64. The lowest BCUT2D eigenvalue weighted by Crippen LogP contribution is -2.18. The topological polar surface area (TPSA) is 123 Å². The maximum Gasteiger partial charge on any atom is 0.262 e. The minimum atomic E-state index is -0.455. The van der Waals surface area contributed by atoms with E-state index in [9.17, 15) is 9.59 Å². The number of nitrogens with one attached hydrogen (secondary N) is 2. The van der Waals surface area contributed by atoms with Gasteiger partial charge in [0.1, 0.15) is 28.5 Å². The number of H-pyrrole nitrogens is 1. The molecule has 152 valence electrons. The summed E-state index contributed by atoms with van der Waals surface area (Å²) in [6.45, 7) is 0.331. The predicted molar refractivity (Wildman–Crippen MR) is 106 cm³/mol. The first-order valence-electron chi connectivity index (χ1n) is 8.88. The molecule has 3 aromatic rings. The zero-order valence-corrected chi connectivity index (χ0v) is 16.0. The minimum Gasteiger partial charge on any atom is -0.497 e. The molecule has 0 saturated carbocycles. The van der Waals surface area contributed by atoms with Gasteiger partial charge < -0.3 is 19.2 Å². The fourth-order valence-electron chi connectivity index (χ4n) is 2.81. The molecule has 9 nitrogen and oxygen atoms in total. The molecule has 0 bridgehead atoms. The molecule has 0 radical (unpaired) electrons. The third-order valence-corrected chi connectivity index (χ3v) is 4.27. The van der Waals surface area contributed by atoms with Crippen molar-refractivity contribution in [3.05, 3.63) is 46.8 Å². The normalized spacial score (nSPS) is 10.6. The van der Waals surface area contributed by atoms with E-state index in [1.807, 2.05) is 0 Å². The number of fused-ring (bicyclic) bond motifs is 1. The Balaban J connectivity index is 1.81. The van der Waals surface area contributed by atoms with Crippen LogP contribution in [0, 0.1) is 0 Å². The van der Waals surface area contributed by atoms with Crippen LogP contribution in [0.4, 0.5) is 0 Å². The molecule has 3 rings (SSSR count). The summed E-state index contributed by atoms with van der Waals surface area (Å²) in [4.78, 5) is 30.8. The van der Waals surface area contributed by atoms with Crippen LogP contribution < -0.4 is 25.2 Å². The van der Waals surface area contributed by atoms with Crippen LogP contribution in [0.2, 0.25) is 0 Å². The molecule has 9 heteroatoms. The number of benzene rings is 2. The van der Waals surface area contributed by atoms with E-state index in [1.165, 1.54) is 14.2 Å². The maximum absolute atomic E-state index is 12.6. The minimum absolute atomic E-state index is 0.170. The van der Waals surface area contributed by atoms with Crippen molar-refractivity contribution in [2.75, 3.05) is 20.8 Å². The first-order valence-corrected chi connectivity index (χ1v) is 8.88. The number of methoxy groups -OCH3 is 2. The van der Waals surface area contributed by atoms with Crippen LogP contribution in [0.15, 0.2) is 41.2 Å². The second kappa shape index (κ2) is 9.07. The van der Waals surface area contributed by atoms with Gasteiger partial charge in [0, 0.05) is 24.1 Å². The van der Waals surface area contributed by atoms with Crippen LogP contribution >= 0.6 is 0 Å². The molecule has 3 N–H and O–H groups in total. The first-order chi connectivity index (χ1) is 14.0. The first kappa shape index (κ1) is 20.2. The Hall–Kier alpha value is -3.59. The van der Waals surface area contributed by atoms with Crippen LogP contribution in [0.25, 0.3) is 22.3 Å². The van der Waals surface area contributed by atoms with Gasteiger partial charge in [-0.3, -0.25) is 14.8 Å². The molecule has 0 fully saturated rings. The van der Waals surface area contributed by atoms with Crippen LogP contribution in [0.5, 0.6) is 17.2 Å². The highest BCUT2D eigenvalue weighted by Crippen LogP contribution is 2.29. The quantitative estimate of drug-likeness (QED) is 0.302. The lowest BCUT2D eigenvalue weighted by molar-refractivity contribution is -0.129. The molecule has 1 amide bonds. The number of carbonyl (C=O) groups excluding carboxylic acids is 1. The van der Waals surface area contributed by atoms with Gasteiger partial charge in [0.05, 0.1) is 26.3 Å². The molecule has 0 aliphatic rings. The van der Waals surface area contributed by atoms with Crippen molar-refractivity contribution in [1.82, 2.24) is 15.4 Å². The Morgan fingerprint density at radius 2 is 1.90 bits per heavy atom.